The molecule has 3 aliphatic rings. The highest BCUT2D eigenvalue weighted by atomic mass is 16.5. The van der Waals surface area contributed by atoms with Crippen molar-refractivity contribution < 1.29 is 14.1 Å². The van der Waals surface area contributed by atoms with Gasteiger partial charge in [0.25, 0.3) is 0 Å². The first-order valence-corrected chi connectivity index (χ1v) is 9.20. The van der Waals surface area contributed by atoms with Crippen molar-refractivity contribution in [3.63, 3.8) is 0 Å². The van der Waals surface area contributed by atoms with E-state index in [1.165, 1.54) is 12.8 Å². The molecule has 3 aliphatic carbocycles. The molecule has 1 heterocycles. The van der Waals surface area contributed by atoms with Crippen LogP contribution < -0.4 is 10.6 Å². The van der Waals surface area contributed by atoms with Crippen LogP contribution >= 0.6 is 0 Å². The maximum absolute atomic E-state index is 12.2. The predicted molar refractivity (Wildman–Crippen MR) is 86.4 cm³/mol. The second-order valence-electron chi connectivity index (χ2n) is 7.32. The Hall–Kier alpha value is -1.63. The van der Waals surface area contributed by atoms with Gasteiger partial charge in [-0.1, -0.05) is 18.0 Å². The van der Waals surface area contributed by atoms with Crippen LogP contribution in [0, 0.1) is 5.41 Å². The van der Waals surface area contributed by atoms with Crippen LogP contribution in [0.25, 0.3) is 0 Å². The van der Waals surface area contributed by atoms with E-state index in [1.807, 2.05) is 6.92 Å². The van der Waals surface area contributed by atoms with Gasteiger partial charge < -0.3 is 19.9 Å². The van der Waals surface area contributed by atoms with E-state index in [-0.39, 0.29) is 24.0 Å². The SMILES string of the molecule is CCO[C@H]1C[C@H](NC(=O)NCc2nc(C3CC3)no2)C12CCCC2. The summed E-state index contributed by atoms with van der Waals surface area (Å²) in [4.78, 5) is 16.5. The Morgan fingerprint density at radius 3 is 2.88 bits per heavy atom. The van der Waals surface area contributed by atoms with Crippen molar-refractivity contribution in [2.75, 3.05) is 6.61 Å². The second kappa shape index (κ2) is 6.35. The summed E-state index contributed by atoms with van der Waals surface area (Å²) in [6, 6.07) is 0.0497. The van der Waals surface area contributed by atoms with E-state index in [4.69, 9.17) is 9.26 Å². The minimum atomic E-state index is -0.160. The van der Waals surface area contributed by atoms with Crippen LogP contribution in [-0.4, -0.2) is 34.9 Å². The van der Waals surface area contributed by atoms with Crippen molar-refractivity contribution in [3.05, 3.63) is 11.7 Å². The number of urea groups is 1. The summed E-state index contributed by atoms with van der Waals surface area (Å²) in [6.07, 6.45) is 8.24. The lowest BCUT2D eigenvalue weighted by Gasteiger charge is -2.53. The first-order chi connectivity index (χ1) is 11.7. The summed E-state index contributed by atoms with van der Waals surface area (Å²) in [5, 5.41) is 9.92. The largest absolute Gasteiger partial charge is 0.378 e. The van der Waals surface area contributed by atoms with E-state index < -0.39 is 0 Å². The molecule has 7 heteroatoms. The third-order valence-electron chi connectivity index (χ3n) is 5.82. The first kappa shape index (κ1) is 15.9. The van der Waals surface area contributed by atoms with Crippen LogP contribution in [0.1, 0.15) is 69.5 Å². The normalized spacial score (nSPS) is 27.9. The van der Waals surface area contributed by atoms with Crippen LogP contribution in [0.4, 0.5) is 4.79 Å². The van der Waals surface area contributed by atoms with E-state index >= 15 is 0 Å². The summed E-state index contributed by atoms with van der Waals surface area (Å²) < 4.78 is 11.1. The van der Waals surface area contributed by atoms with Crippen LogP contribution in [0.5, 0.6) is 0 Å². The van der Waals surface area contributed by atoms with Crippen molar-refractivity contribution in [1.82, 2.24) is 20.8 Å². The Bertz CT molecular complexity index is 592. The molecule has 1 aromatic rings. The van der Waals surface area contributed by atoms with Gasteiger partial charge in [-0.2, -0.15) is 4.98 Å². The topological polar surface area (TPSA) is 89.3 Å². The monoisotopic (exact) mass is 334 g/mol. The Kier molecular flexibility index (Phi) is 4.20. The van der Waals surface area contributed by atoms with E-state index in [0.29, 0.717) is 17.9 Å². The number of rotatable bonds is 6. The van der Waals surface area contributed by atoms with E-state index in [1.54, 1.807) is 0 Å². The fourth-order valence-corrected chi connectivity index (χ4v) is 4.30. The maximum Gasteiger partial charge on any atom is 0.315 e. The van der Waals surface area contributed by atoms with Crippen molar-refractivity contribution in [2.45, 2.75) is 76.5 Å². The lowest BCUT2D eigenvalue weighted by Crippen LogP contribution is -2.64. The Morgan fingerprint density at radius 1 is 1.38 bits per heavy atom. The molecule has 24 heavy (non-hydrogen) atoms. The first-order valence-electron chi connectivity index (χ1n) is 9.20. The van der Waals surface area contributed by atoms with Gasteiger partial charge in [-0.15, -0.1) is 0 Å². The van der Waals surface area contributed by atoms with E-state index in [0.717, 1.165) is 44.5 Å². The molecule has 1 spiro atoms. The van der Waals surface area contributed by atoms with Crippen LogP contribution in [0.15, 0.2) is 4.52 Å². The molecular formula is C17H26N4O3. The molecule has 132 valence electrons. The van der Waals surface area contributed by atoms with Crippen molar-refractivity contribution >= 4 is 6.03 Å². The molecule has 3 fully saturated rings. The van der Waals surface area contributed by atoms with Crippen molar-refractivity contribution in [2.24, 2.45) is 5.41 Å². The number of carbonyl (C=O) groups is 1. The van der Waals surface area contributed by atoms with Gasteiger partial charge in [0.15, 0.2) is 5.82 Å². The van der Waals surface area contributed by atoms with Crippen LogP contribution in [0.3, 0.4) is 0 Å². The summed E-state index contributed by atoms with van der Waals surface area (Å²) >= 11 is 0. The Morgan fingerprint density at radius 2 is 2.17 bits per heavy atom. The zero-order valence-electron chi connectivity index (χ0n) is 14.2. The number of nitrogens with one attached hydrogen (secondary N) is 2. The lowest BCUT2D eigenvalue weighted by atomic mass is 9.60. The summed E-state index contributed by atoms with van der Waals surface area (Å²) in [7, 11) is 0. The highest BCUT2D eigenvalue weighted by molar-refractivity contribution is 5.74. The highest BCUT2D eigenvalue weighted by Gasteiger charge is 2.57. The predicted octanol–water partition coefficient (Wildman–Crippen LogP) is 2.48. The Balaban J connectivity index is 1.27. The van der Waals surface area contributed by atoms with E-state index in [2.05, 4.69) is 20.8 Å². The number of hydrogen-bond acceptors (Lipinski definition) is 5. The number of carbonyl (C=O) groups excluding carboxylic acids is 1. The molecule has 0 unspecified atom stereocenters. The van der Waals surface area contributed by atoms with Gasteiger partial charge in [0.1, 0.15) is 0 Å². The molecule has 4 rings (SSSR count). The zero-order chi connectivity index (χ0) is 16.6. The summed E-state index contributed by atoms with van der Waals surface area (Å²) in [5.74, 6) is 1.71. The molecule has 0 aromatic carbocycles. The molecule has 2 atom stereocenters. The number of aromatic nitrogens is 2. The fraction of sp³-hybridized carbons (Fsp3) is 0.824. The van der Waals surface area contributed by atoms with Gasteiger partial charge in [0.2, 0.25) is 5.89 Å². The fourth-order valence-electron chi connectivity index (χ4n) is 4.30. The lowest BCUT2D eigenvalue weighted by molar-refractivity contribution is -0.126. The van der Waals surface area contributed by atoms with Crippen molar-refractivity contribution in [1.29, 1.82) is 0 Å². The van der Waals surface area contributed by atoms with Crippen molar-refractivity contribution in [3.8, 4) is 0 Å². The number of nitrogens with zero attached hydrogens (tertiary/aromatic N) is 2. The second-order valence-corrected chi connectivity index (χ2v) is 7.32. The smallest absolute Gasteiger partial charge is 0.315 e. The number of hydrogen-bond donors (Lipinski definition) is 2. The van der Waals surface area contributed by atoms with Gasteiger partial charge in [-0.05, 0) is 39.0 Å². The molecule has 2 amide bonds. The standard InChI is InChI=1S/C17H26N4O3/c1-2-23-13-9-12(17(13)7-3-4-8-17)19-16(22)18-10-14-20-15(21-24-14)11-5-6-11/h11-13H,2-10H2,1H3,(H2,18,19,22)/t12-,13-/m0/s1. The molecule has 7 nitrogen and oxygen atoms in total. The molecule has 1 aromatic heterocycles. The number of amides is 2. The summed E-state index contributed by atoms with van der Waals surface area (Å²) in [5.41, 5.74) is 0.150. The number of ether oxygens (including phenoxy) is 1. The van der Waals surface area contributed by atoms with E-state index in [9.17, 15) is 4.79 Å². The zero-order valence-corrected chi connectivity index (χ0v) is 14.2. The summed E-state index contributed by atoms with van der Waals surface area (Å²) in [6.45, 7) is 3.06. The quantitative estimate of drug-likeness (QED) is 0.834. The molecule has 2 N–H and O–H groups in total. The molecule has 0 saturated heterocycles. The Labute approximate surface area is 141 Å². The average molecular weight is 334 g/mol. The van der Waals surface area contributed by atoms with Gasteiger partial charge >= 0.3 is 6.03 Å². The van der Waals surface area contributed by atoms with Gasteiger partial charge in [-0.25, -0.2) is 4.79 Å². The molecule has 3 saturated carbocycles. The highest BCUT2D eigenvalue weighted by Crippen LogP contribution is 2.54. The molecule has 0 aliphatic heterocycles. The minimum absolute atomic E-state index is 0.150. The van der Waals surface area contributed by atoms with Gasteiger partial charge in [0.05, 0.1) is 12.6 Å². The minimum Gasteiger partial charge on any atom is -0.378 e. The molecule has 0 radical (unpaired) electrons. The van der Waals surface area contributed by atoms with Crippen LogP contribution in [-0.2, 0) is 11.3 Å². The third kappa shape index (κ3) is 2.90. The van der Waals surface area contributed by atoms with Crippen LogP contribution in [0.2, 0.25) is 0 Å². The van der Waals surface area contributed by atoms with Gasteiger partial charge in [-0.3, -0.25) is 0 Å². The van der Waals surface area contributed by atoms with Gasteiger partial charge in [0, 0.05) is 24.0 Å². The average Bonchev–Trinajstić information content (AvgIpc) is 3.11. The third-order valence-corrected chi connectivity index (χ3v) is 5.82. The molecule has 0 bridgehead atoms. The molecular weight excluding hydrogens is 308 g/mol. The maximum atomic E-state index is 12.2.